The van der Waals surface area contributed by atoms with Crippen molar-refractivity contribution in [3.8, 4) is 11.4 Å². The minimum Gasteiger partial charge on any atom is -0.329 e. The molecule has 29 heavy (non-hydrogen) atoms. The van der Waals surface area contributed by atoms with Crippen molar-refractivity contribution in [3.05, 3.63) is 70.6 Å². The second-order valence-corrected chi connectivity index (χ2v) is 6.57. The van der Waals surface area contributed by atoms with Crippen LogP contribution < -0.4 is 0 Å². The average molecular weight is 409 g/mol. The van der Waals surface area contributed by atoms with Crippen LogP contribution in [0.4, 0.5) is 22.0 Å². The highest BCUT2D eigenvalue weighted by atomic mass is 19.4. The summed E-state index contributed by atoms with van der Waals surface area (Å²) in [6.45, 7) is 1.78. The summed E-state index contributed by atoms with van der Waals surface area (Å²) in [5.74, 6) is -3.71. The lowest BCUT2D eigenvalue weighted by Crippen LogP contribution is -2.27. The van der Waals surface area contributed by atoms with Crippen molar-refractivity contribution in [2.75, 3.05) is 0 Å². The van der Waals surface area contributed by atoms with Crippen LogP contribution in [0.1, 0.15) is 40.3 Å². The molecule has 2 heterocycles. The summed E-state index contributed by atoms with van der Waals surface area (Å²) in [6.07, 6.45) is -4.77. The van der Waals surface area contributed by atoms with E-state index in [4.69, 9.17) is 0 Å². The Kier molecular flexibility index (Phi) is 4.36. The molecule has 0 fully saturated rings. The molecule has 4 rings (SSSR count). The standard InChI is InChI=1S/C19H12F5N3O2/c1-9(13-5-4-12(20)7-15(13)21)27-8-11-3-2-10(6-14(11)17(27)28)16-25-18(29-26-16)19(22,23)24/h2-7,9H,8H2,1H3/t9-/m0/s1. The number of hydrogen-bond acceptors (Lipinski definition) is 4. The Hall–Kier alpha value is -3.30. The Balaban J connectivity index is 1.63. The van der Waals surface area contributed by atoms with E-state index in [1.807, 2.05) is 0 Å². The third kappa shape index (κ3) is 3.34. The number of aromatic nitrogens is 2. The van der Waals surface area contributed by atoms with Crippen molar-refractivity contribution < 1.29 is 31.3 Å². The number of alkyl halides is 3. The number of carbonyl (C=O) groups is 1. The number of fused-ring (bicyclic) bond motifs is 1. The van der Waals surface area contributed by atoms with Crippen LogP contribution >= 0.6 is 0 Å². The molecule has 0 spiro atoms. The Morgan fingerprint density at radius 3 is 2.55 bits per heavy atom. The molecule has 0 unspecified atom stereocenters. The molecule has 2 aromatic carbocycles. The lowest BCUT2D eigenvalue weighted by molar-refractivity contribution is -0.159. The molecule has 1 amide bonds. The zero-order chi connectivity index (χ0) is 20.9. The molecule has 5 nitrogen and oxygen atoms in total. The molecule has 0 bridgehead atoms. The topological polar surface area (TPSA) is 59.2 Å². The Bertz CT molecular complexity index is 1110. The smallest absolute Gasteiger partial charge is 0.329 e. The van der Waals surface area contributed by atoms with Crippen LogP contribution in [0, 0.1) is 11.6 Å². The maximum atomic E-state index is 14.1. The molecule has 0 saturated heterocycles. The maximum absolute atomic E-state index is 14.1. The molecule has 0 radical (unpaired) electrons. The van der Waals surface area contributed by atoms with Crippen LogP contribution in [-0.2, 0) is 12.7 Å². The third-order valence-corrected chi connectivity index (χ3v) is 4.75. The minimum atomic E-state index is -4.77. The first-order chi connectivity index (χ1) is 13.6. The Labute approximate surface area is 160 Å². The van der Waals surface area contributed by atoms with Gasteiger partial charge in [0.1, 0.15) is 11.6 Å². The van der Waals surface area contributed by atoms with Crippen molar-refractivity contribution in [2.24, 2.45) is 0 Å². The summed E-state index contributed by atoms with van der Waals surface area (Å²) in [4.78, 5) is 17.5. The first-order valence-electron chi connectivity index (χ1n) is 8.45. The number of carbonyl (C=O) groups excluding carboxylic acids is 1. The number of amides is 1. The van der Waals surface area contributed by atoms with Gasteiger partial charge in [-0.2, -0.15) is 18.2 Å². The van der Waals surface area contributed by atoms with E-state index < -0.39 is 35.7 Å². The molecule has 1 aromatic heterocycles. The Morgan fingerprint density at radius 1 is 1.14 bits per heavy atom. The lowest BCUT2D eigenvalue weighted by atomic mass is 10.1. The number of rotatable bonds is 3. The fraction of sp³-hybridized carbons (Fsp3) is 0.211. The van der Waals surface area contributed by atoms with Gasteiger partial charge in [-0.05, 0) is 24.6 Å². The van der Waals surface area contributed by atoms with Gasteiger partial charge in [0.15, 0.2) is 0 Å². The SMILES string of the molecule is C[C@@H](c1ccc(F)cc1F)N1Cc2ccc(-c3noc(C(F)(F)F)n3)cc2C1=O. The van der Waals surface area contributed by atoms with E-state index in [0.717, 1.165) is 12.1 Å². The van der Waals surface area contributed by atoms with Gasteiger partial charge in [0.05, 0.1) is 6.04 Å². The maximum Gasteiger partial charge on any atom is 0.471 e. The zero-order valence-electron chi connectivity index (χ0n) is 14.8. The highest BCUT2D eigenvalue weighted by molar-refractivity contribution is 5.99. The van der Waals surface area contributed by atoms with E-state index in [9.17, 15) is 26.7 Å². The molecule has 1 aliphatic heterocycles. The predicted octanol–water partition coefficient (Wildman–Crippen LogP) is 4.75. The van der Waals surface area contributed by atoms with E-state index in [1.54, 1.807) is 13.0 Å². The molecule has 0 saturated carbocycles. The molecule has 150 valence electrons. The van der Waals surface area contributed by atoms with Gasteiger partial charge >= 0.3 is 12.1 Å². The van der Waals surface area contributed by atoms with Gasteiger partial charge in [0, 0.05) is 29.3 Å². The minimum absolute atomic E-state index is 0.153. The third-order valence-electron chi connectivity index (χ3n) is 4.75. The number of halogens is 5. The normalized spacial score (nSPS) is 15.0. The lowest BCUT2D eigenvalue weighted by Gasteiger charge is -2.25. The Morgan fingerprint density at radius 2 is 1.90 bits per heavy atom. The molecule has 0 N–H and O–H groups in total. The van der Waals surface area contributed by atoms with Gasteiger partial charge in [-0.3, -0.25) is 4.79 Å². The van der Waals surface area contributed by atoms with Crippen molar-refractivity contribution in [1.29, 1.82) is 0 Å². The van der Waals surface area contributed by atoms with Crippen LogP contribution in [0.2, 0.25) is 0 Å². The zero-order valence-corrected chi connectivity index (χ0v) is 14.8. The predicted molar refractivity (Wildman–Crippen MR) is 89.4 cm³/mol. The fourth-order valence-corrected chi connectivity index (χ4v) is 3.24. The number of benzene rings is 2. The van der Waals surface area contributed by atoms with Gasteiger partial charge in [-0.1, -0.05) is 23.4 Å². The molecule has 3 aromatic rings. The second kappa shape index (κ2) is 6.64. The molecule has 10 heteroatoms. The van der Waals surface area contributed by atoms with Crippen molar-refractivity contribution >= 4 is 5.91 Å². The van der Waals surface area contributed by atoms with Crippen molar-refractivity contribution in [1.82, 2.24) is 15.0 Å². The summed E-state index contributed by atoms with van der Waals surface area (Å²) in [5.41, 5.74) is 1.20. The van der Waals surface area contributed by atoms with Crippen LogP contribution in [-0.4, -0.2) is 20.9 Å². The van der Waals surface area contributed by atoms with E-state index in [-0.39, 0.29) is 29.1 Å². The van der Waals surface area contributed by atoms with E-state index in [2.05, 4.69) is 14.7 Å². The number of nitrogens with zero attached hydrogens (tertiary/aromatic N) is 3. The van der Waals surface area contributed by atoms with Crippen LogP contribution in [0.25, 0.3) is 11.4 Å². The summed E-state index contributed by atoms with van der Waals surface area (Å²) in [5, 5.41) is 3.31. The second-order valence-electron chi connectivity index (χ2n) is 6.57. The van der Waals surface area contributed by atoms with E-state index >= 15 is 0 Å². The molecule has 1 aliphatic rings. The molecule has 0 aliphatic carbocycles. The van der Waals surface area contributed by atoms with Gasteiger partial charge in [0.2, 0.25) is 5.82 Å². The van der Waals surface area contributed by atoms with E-state index in [0.29, 0.717) is 5.56 Å². The molecular weight excluding hydrogens is 397 g/mol. The van der Waals surface area contributed by atoms with Crippen LogP contribution in [0.3, 0.4) is 0 Å². The first kappa shape index (κ1) is 19.0. The highest BCUT2D eigenvalue weighted by Crippen LogP contribution is 2.35. The largest absolute Gasteiger partial charge is 0.471 e. The molecular formula is C19H12F5N3O2. The fourth-order valence-electron chi connectivity index (χ4n) is 3.24. The van der Waals surface area contributed by atoms with Crippen molar-refractivity contribution in [3.63, 3.8) is 0 Å². The first-order valence-corrected chi connectivity index (χ1v) is 8.45. The monoisotopic (exact) mass is 409 g/mol. The van der Waals surface area contributed by atoms with Gasteiger partial charge < -0.3 is 9.42 Å². The summed E-state index contributed by atoms with van der Waals surface area (Å²) >= 11 is 0. The van der Waals surface area contributed by atoms with Crippen LogP contribution in [0.15, 0.2) is 40.9 Å². The van der Waals surface area contributed by atoms with Crippen molar-refractivity contribution in [2.45, 2.75) is 25.7 Å². The van der Waals surface area contributed by atoms with Gasteiger partial charge in [-0.25, -0.2) is 8.78 Å². The molecule has 1 atom stereocenters. The quantitative estimate of drug-likeness (QED) is 0.586. The van der Waals surface area contributed by atoms with E-state index in [1.165, 1.54) is 23.1 Å². The summed E-state index contributed by atoms with van der Waals surface area (Å²) < 4.78 is 69.4. The number of hydrogen-bond donors (Lipinski definition) is 0. The highest BCUT2D eigenvalue weighted by Gasteiger charge is 2.39. The van der Waals surface area contributed by atoms with Gasteiger partial charge in [0.25, 0.3) is 5.91 Å². The van der Waals surface area contributed by atoms with Gasteiger partial charge in [-0.15, -0.1) is 0 Å². The van der Waals surface area contributed by atoms with Crippen LogP contribution in [0.5, 0.6) is 0 Å². The average Bonchev–Trinajstić information content (AvgIpc) is 3.26. The summed E-state index contributed by atoms with van der Waals surface area (Å²) in [6, 6.07) is 6.86. The summed E-state index contributed by atoms with van der Waals surface area (Å²) in [7, 11) is 0.